The van der Waals surface area contributed by atoms with E-state index in [9.17, 15) is 4.79 Å². The molecule has 1 aliphatic carbocycles. The van der Waals surface area contributed by atoms with Gasteiger partial charge < -0.3 is 15.1 Å². The van der Waals surface area contributed by atoms with E-state index < -0.39 is 0 Å². The van der Waals surface area contributed by atoms with Gasteiger partial charge in [-0.2, -0.15) is 0 Å². The van der Waals surface area contributed by atoms with Crippen LogP contribution in [0.1, 0.15) is 44.2 Å². The zero-order valence-electron chi connectivity index (χ0n) is 15.4. The van der Waals surface area contributed by atoms with Gasteiger partial charge in [-0.15, -0.1) is 0 Å². The van der Waals surface area contributed by atoms with E-state index in [1.807, 2.05) is 16.7 Å². The molecule has 1 aromatic carbocycles. The van der Waals surface area contributed by atoms with Crippen molar-refractivity contribution in [2.24, 2.45) is 11.8 Å². The number of hydrogen-bond acceptors (Lipinski definition) is 4. The Morgan fingerprint density at radius 2 is 2.08 bits per heavy atom. The minimum atomic E-state index is 0.242. The van der Waals surface area contributed by atoms with Crippen LogP contribution >= 0.6 is 11.8 Å². The number of carbonyl (C=O) groups is 1. The van der Waals surface area contributed by atoms with Crippen molar-refractivity contribution in [1.82, 2.24) is 9.80 Å². The van der Waals surface area contributed by atoms with Crippen LogP contribution in [0.4, 0.5) is 5.69 Å². The Bertz CT molecular complexity index is 644. The van der Waals surface area contributed by atoms with E-state index in [2.05, 4.69) is 49.4 Å². The monoisotopic (exact) mass is 359 g/mol. The number of carbonyl (C=O) groups excluding carboxylic acids is 1. The third-order valence-corrected chi connectivity index (χ3v) is 7.61. The summed E-state index contributed by atoms with van der Waals surface area (Å²) >= 11 is 1.98. The summed E-state index contributed by atoms with van der Waals surface area (Å²) in [7, 11) is 4.36. The maximum Gasteiger partial charge on any atom is 0.210 e. The summed E-state index contributed by atoms with van der Waals surface area (Å²) in [6.07, 6.45) is 5.89. The normalized spacial score (nSPS) is 34.4. The Labute approximate surface area is 155 Å². The summed E-state index contributed by atoms with van der Waals surface area (Å²) in [6.45, 7) is 3.11. The Kier molecular flexibility index (Phi) is 4.71. The molecule has 2 fully saturated rings. The van der Waals surface area contributed by atoms with Crippen LogP contribution in [0.15, 0.2) is 23.1 Å². The lowest BCUT2D eigenvalue weighted by Gasteiger charge is -2.42. The molecular formula is C20H29N3OS. The third-order valence-electron chi connectivity index (χ3n) is 6.24. The number of rotatable bonds is 4. The summed E-state index contributed by atoms with van der Waals surface area (Å²) in [5.41, 5.74) is 2.55. The fourth-order valence-corrected chi connectivity index (χ4v) is 5.73. The fourth-order valence-electron chi connectivity index (χ4n) is 4.46. The van der Waals surface area contributed by atoms with Gasteiger partial charge >= 0.3 is 0 Å². The van der Waals surface area contributed by atoms with E-state index in [0.29, 0.717) is 11.3 Å². The number of fused-ring (bicyclic) bond motifs is 1. The average molecular weight is 360 g/mol. The van der Waals surface area contributed by atoms with E-state index in [-0.39, 0.29) is 6.04 Å². The highest BCUT2D eigenvalue weighted by Gasteiger charge is 2.39. The van der Waals surface area contributed by atoms with E-state index in [4.69, 9.17) is 0 Å². The molecule has 3 atom stereocenters. The molecule has 1 amide bonds. The Morgan fingerprint density at radius 1 is 1.28 bits per heavy atom. The first-order valence-corrected chi connectivity index (χ1v) is 10.4. The van der Waals surface area contributed by atoms with Crippen molar-refractivity contribution in [1.29, 1.82) is 0 Å². The molecule has 0 spiro atoms. The summed E-state index contributed by atoms with van der Waals surface area (Å²) in [5.74, 6) is 1.37. The third kappa shape index (κ3) is 3.28. The van der Waals surface area contributed by atoms with E-state index in [0.717, 1.165) is 31.3 Å². The second kappa shape index (κ2) is 6.84. The topological polar surface area (TPSA) is 35.6 Å². The second-order valence-corrected chi connectivity index (χ2v) is 9.47. The zero-order chi connectivity index (χ0) is 17.6. The van der Waals surface area contributed by atoms with Crippen molar-refractivity contribution < 1.29 is 4.79 Å². The smallest absolute Gasteiger partial charge is 0.210 e. The van der Waals surface area contributed by atoms with Gasteiger partial charge in [0.2, 0.25) is 6.41 Å². The van der Waals surface area contributed by atoms with Gasteiger partial charge in [0, 0.05) is 23.2 Å². The van der Waals surface area contributed by atoms with Gasteiger partial charge in [-0.1, -0.05) is 24.8 Å². The number of benzene rings is 1. The number of piperidine rings is 1. The van der Waals surface area contributed by atoms with Crippen LogP contribution in [-0.2, 0) is 4.79 Å². The molecule has 136 valence electrons. The number of nitrogens with zero attached hydrogens (tertiary/aromatic N) is 2. The molecule has 25 heavy (non-hydrogen) atoms. The molecule has 0 bridgehead atoms. The lowest BCUT2D eigenvalue weighted by Crippen LogP contribution is -2.45. The number of likely N-dealkylation sites (tertiary alicyclic amines) is 1. The lowest BCUT2D eigenvalue weighted by atomic mass is 9.79. The molecule has 3 aliphatic rings. The number of amides is 1. The minimum absolute atomic E-state index is 0.242. The van der Waals surface area contributed by atoms with Crippen LogP contribution in [-0.4, -0.2) is 48.3 Å². The Morgan fingerprint density at radius 3 is 2.80 bits per heavy atom. The Balaban J connectivity index is 1.44. The number of anilines is 1. The molecule has 1 saturated carbocycles. The number of thioether (sulfide) groups is 1. The van der Waals surface area contributed by atoms with E-state index in [1.54, 1.807) is 0 Å². The van der Waals surface area contributed by atoms with Crippen LogP contribution in [0.25, 0.3) is 0 Å². The quantitative estimate of drug-likeness (QED) is 0.830. The molecule has 5 heteroatoms. The highest BCUT2D eigenvalue weighted by atomic mass is 32.2. The van der Waals surface area contributed by atoms with Crippen molar-refractivity contribution in [3.63, 3.8) is 0 Å². The standard InChI is InChI=1S/C20H29N3OS/c1-13-4-6-18(23(11-13)12-24)14-5-7-19-17(10-14)21-20(25-19)15-8-16(9-15)22(2)3/h5,7,10,12-13,15-16,18,20-21H,4,6,8-9,11H2,1-3H3/t13?,15?,16?,18-,20?/m1/s1. The molecule has 2 unspecified atom stereocenters. The van der Waals surface area contributed by atoms with Crippen LogP contribution in [0.2, 0.25) is 0 Å². The van der Waals surface area contributed by atoms with Crippen molar-refractivity contribution >= 4 is 23.9 Å². The molecule has 4 rings (SSSR count). The fraction of sp³-hybridized carbons (Fsp3) is 0.650. The maximum atomic E-state index is 11.5. The summed E-state index contributed by atoms with van der Waals surface area (Å²) in [5, 5.41) is 4.26. The minimum Gasteiger partial charge on any atom is -0.372 e. The van der Waals surface area contributed by atoms with Crippen LogP contribution in [0.5, 0.6) is 0 Å². The van der Waals surface area contributed by atoms with Gasteiger partial charge in [-0.25, -0.2) is 0 Å². The van der Waals surface area contributed by atoms with Crippen molar-refractivity contribution in [2.45, 2.75) is 55.0 Å². The Hall–Kier alpha value is -1.20. The predicted octanol–water partition coefficient (Wildman–Crippen LogP) is 3.80. The maximum absolute atomic E-state index is 11.5. The summed E-state index contributed by atoms with van der Waals surface area (Å²) in [6, 6.07) is 7.77. The highest BCUT2D eigenvalue weighted by Crippen LogP contribution is 2.48. The van der Waals surface area contributed by atoms with Gasteiger partial charge in [-0.3, -0.25) is 4.79 Å². The molecule has 0 radical (unpaired) electrons. The first-order chi connectivity index (χ1) is 12.0. The molecule has 2 aliphatic heterocycles. The molecular weight excluding hydrogens is 330 g/mol. The van der Waals surface area contributed by atoms with Gasteiger partial charge in [0.05, 0.1) is 11.4 Å². The molecule has 1 N–H and O–H groups in total. The highest BCUT2D eigenvalue weighted by molar-refractivity contribution is 8.00. The summed E-state index contributed by atoms with van der Waals surface area (Å²) < 4.78 is 0. The largest absolute Gasteiger partial charge is 0.372 e. The van der Waals surface area contributed by atoms with Gasteiger partial charge in [0.1, 0.15) is 0 Å². The van der Waals surface area contributed by atoms with Crippen molar-refractivity contribution in [3.05, 3.63) is 23.8 Å². The van der Waals surface area contributed by atoms with Crippen molar-refractivity contribution in [3.8, 4) is 0 Å². The lowest BCUT2D eigenvalue weighted by molar-refractivity contribution is -0.122. The molecule has 0 aromatic heterocycles. The predicted molar refractivity (Wildman–Crippen MR) is 104 cm³/mol. The number of hydrogen-bond donors (Lipinski definition) is 1. The summed E-state index contributed by atoms with van der Waals surface area (Å²) in [4.78, 5) is 17.2. The van der Waals surface area contributed by atoms with Crippen LogP contribution in [0.3, 0.4) is 0 Å². The van der Waals surface area contributed by atoms with Gasteiger partial charge in [-0.05, 0) is 69.3 Å². The van der Waals surface area contributed by atoms with Crippen LogP contribution < -0.4 is 5.32 Å². The van der Waals surface area contributed by atoms with E-state index >= 15 is 0 Å². The van der Waals surface area contributed by atoms with E-state index in [1.165, 1.54) is 35.4 Å². The van der Waals surface area contributed by atoms with Gasteiger partial charge in [0.15, 0.2) is 0 Å². The molecule has 2 heterocycles. The van der Waals surface area contributed by atoms with Crippen molar-refractivity contribution in [2.75, 3.05) is 26.0 Å². The second-order valence-electron chi connectivity index (χ2n) is 8.29. The molecule has 4 nitrogen and oxygen atoms in total. The van der Waals surface area contributed by atoms with Gasteiger partial charge in [0.25, 0.3) is 0 Å². The van der Waals surface area contributed by atoms with Crippen LogP contribution in [0, 0.1) is 11.8 Å². The molecule has 1 saturated heterocycles. The number of nitrogens with one attached hydrogen (secondary N) is 1. The molecule has 1 aromatic rings. The SMILES string of the molecule is CC1CC[C@H](c2ccc3c(c2)NC(C2CC(N(C)C)C2)S3)N(C=O)C1. The average Bonchev–Trinajstić information content (AvgIpc) is 2.95. The first kappa shape index (κ1) is 17.2. The first-order valence-electron chi connectivity index (χ1n) is 9.49. The zero-order valence-corrected chi connectivity index (χ0v) is 16.3.